The predicted octanol–water partition coefficient (Wildman–Crippen LogP) is -1.60. The number of hydrogen-bond donors (Lipinski definition) is 0. The molecule has 0 aliphatic rings. The molecule has 0 aliphatic carbocycles. The summed E-state index contributed by atoms with van der Waals surface area (Å²) in [5.41, 5.74) is 0. The molecule has 0 aliphatic heterocycles. The van der Waals surface area contributed by atoms with E-state index in [0.717, 1.165) is 0 Å². The first-order valence-electron chi connectivity index (χ1n) is 1.86. The summed E-state index contributed by atoms with van der Waals surface area (Å²) in [5.74, 6) is 0. The van der Waals surface area contributed by atoms with Crippen LogP contribution in [0.25, 0.3) is 5.32 Å². The molecule has 2 heteroatoms. The molecule has 0 atom stereocenters. The van der Waals surface area contributed by atoms with Crippen molar-refractivity contribution in [2.45, 2.75) is 19.9 Å². The van der Waals surface area contributed by atoms with Crippen LogP contribution in [0.4, 0.5) is 0 Å². The Labute approximate surface area is 51.7 Å². The fourth-order valence-corrected chi connectivity index (χ4v) is 0. The van der Waals surface area contributed by atoms with Gasteiger partial charge in [0.05, 0.1) is 0 Å². The monoisotopic (exact) mass is 79.1 g/mol. The minimum Gasteiger partial charge on any atom is -0.663 e. The molecule has 0 saturated heterocycles. The van der Waals surface area contributed by atoms with Gasteiger partial charge in [-0.3, -0.25) is 0 Å². The molecule has 6 heavy (non-hydrogen) atoms. The first-order valence-corrected chi connectivity index (χ1v) is 1.86. The summed E-state index contributed by atoms with van der Waals surface area (Å²) < 4.78 is 0. The Morgan fingerprint density at radius 3 is 1.50 bits per heavy atom. The summed E-state index contributed by atoms with van der Waals surface area (Å²) in [5, 5.41) is 3.89. The van der Waals surface area contributed by atoms with Crippen LogP contribution in [0.5, 0.6) is 0 Å². The zero-order chi connectivity index (χ0) is 4.28. The largest absolute Gasteiger partial charge is 1.00 e. The van der Waals surface area contributed by atoms with Gasteiger partial charge in [-0.1, -0.05) is 13.8 Å². The maximum Gasteiger partial charge on any atom is 1.00 e. The molecule has 0 N–H and O–H groups in total. The molecule has 0 heterocycles. The van der Waals surface area contributed by atoms with Crippen molar-refractivity contribution in [1.29, 1.82) is 0 Å². The Morgan fingerprint density at radius 1 is 1.33 bits per heavy atom. The number of rotatable bonds is 1. The summed E-state index contributed by atoms with van der Waals surface area (Å²) >= 11 is 0. The van der Waals surface area contributed by atoms with Gasteiger partial charge in [-0.15, -0.1) is 6.04 Å². The molecule has 0 bridgehead atoms. The Balaban J connectivity index is 0. The molecule has 0 aromatic rings. The van der Waals surface area contributed by atoms with Crippen molar-refractivity contribution in [2.24, 2.45) is 0 Å². The first-order chi connectivity index (χ1) is 2.27. The van der Waals surface area contributed by atoms with Crippen molar-refractivity contribution in [3.8, 4) is 0 Å². The van der Waals surface area contributed by atoms with Crippen molar-refractivity contribution in [2.75, 3.05) is 7.05 Å². The van der Waals surface area contributed by atoms with Crippen LogP contribution in [0, 0.1) is 0 Å². The standard InChI is InChI=1S/C4H10N.Li/c1-4(2)5-3;/h4H,1-3H3;/q-1;+1. The normalized spacial score (nSPS) is 8.00. The van der Waals surface area contributed by atoms with Crippen LogP contribution in [0.1, 0.15) is 13.8 Å². The molecular formula is C4H10LiN. The SMILES string of the molecule is C[N-]C(C)C.[Li+]. The van der Waals surface area contributed by atoms with Crippen molar-refractivity contribution < 1.29 is 18.9 Å². The van der Waals surface area contributed by atoms with Gasteiger partial charge in [-0.25, -0.2) is 0 Å². The summed E-state index contributed by atoms with van der Waals surface area (Å²) in [6.07, 6.45) is 0. The van der Waals surface area contributed by atoms with Crippen LogP contribution >= 0.6 is 0 Å². The van der Waals surface area contributed by atoms with Crippen LogP contribution in [0.2, 0.25) is 0 Å². The molecule has 32 valence electrons. The van der Waals surface area contributed by atoms with E-state index >= 15 is 0 Å². The van der Waals surface area contributed by atoms with E-state index in [2.05, 4.69) is 19.2 Å². The Kier molecular flexibility index (Phi) is 9.03. The average Bonchev–Trinajstić information content (AvgIpc) is 1.38. The van der Waals surface area contributed by atoms with Crippen LogP contribution in [0.15, 0.2) is 0 Å². The van der Waals surface area contributed by atoms with E-state index in [9.17, 15) is 0 Å². The Bertz CT molecular complexity index is 21.5. The van der Waals surface area contributed by atoms with E-state index < -0.39 is 0 Å². The molecule has 0 radical (unpaired) electrons. The minimum absolute atomic E-state index is 0. The Hall–Kier alpha value is 0.557. The quantitative estimate of drug-likeness (QED) is 0.336. The van der Waals surface area contributed by atoms with Gasteiger partial charge in [0.25, 0.3) is 0 Å². The van der Waals surface area contributed by atoms with E-state index in [4.69, 9.17) is 0 Å². The number of hydrogen-bond acceptors (Lipinski definition) is 0. The molecule has 0 aromatic heterocycles. The third-order valence-corrected chi connectivity index (χ3v) is 0.516. The fraction of sp³-hybridized carbons (Fsp3) is 1.00. The van der Waals surface area contributed by atoms with E-state index in [0.29, 0.717) is 6.04 Å². The summed E-state index contributed by atoms with van der Waals surface area (Å²) in [4.78, 5) is 0. The van der Waals surface area contributed by atoms with E-state index in [-0.39, 0.29) is 18.9 Å². The maximum atomic E-state index is 3.89. The van der Waals surface area contributed by atoms with E-state index in [1.165, 1.54) is 0 Å². The molecule has 0 saturated carbocycles. The second-order valence-electron chi connectivity index (χ2n) is 1.35. The zero-order valence-corrected chi connectivity index (χ0v) is 5.02. The summed E-state index contributed by atoms with van der Waals surface area (Å²) in [6.45, 7) is 4.11. The zero-order valence-electron chi connectivity index (χ0n) is 5.02. The third kappa shape index (κ3) is 8.82. The summed E-state index contributed by atoms with van der Waals surface area (Å²) in [7, 11) is 1.82. The van der Waals surface area contributed by atoms with E-state index in [1.807, 2.05) is 7.05 Å². The molecule has 0 fully saturated rings. The topological polar surface area (TPSA) is 14.1 Å². The molecule has 0 amide bonds. The minimum atomic E-state index is 0. The maximum absolute atomic E-state index is 3.89. The van der Waals surface area contributed by atoms with Gasteiger partial charge in [0.15, 0.2) is 0 Å². The van der Waals surface area contributed by atoms with Gasteiger partial charge in [-0.2, -0.15) is 7.05 Å². The van der Waals surface area contributed by atoms with Gasteiger partial charge in [0.1, 0.15) is 0 Å². The fourth-order valence-electron chi connectivity index (χ4n) is 0. The van der Waals surface area contributed by atoms with Crippen LogP contribution < -0.4 is 18.9 Å². The van der Waals surface area contributed by atoms with Gasteiger partial charge in [0, 0.05) is 0 Å². The Morgan fingerprint density at radius 2 is 1.50 bits per heavy atom. The predicted molar refractivity (Wildman–Crippen MR) is 24.4 cm³/mol. The van der Waals surface area contributed by atoms with Gasteiger partial charge in [-0.05, 0) is 0 Å². The van der Waals surface area contributed by atoms with Crippen molar-refractivity contribution in [3.63, 3.8) is 0 Å². The van der Waals surface area contributed by atoms with Crippen LogP contribution in [0.3, 0.4) is 0 Å². The number of nitrogens with zero attached hydrogens (tertiary/aromatic N) is 1. The molecule has 1 nitrogen and oxygen atoms in total. The molecule has 0 spiro atoms. The molecular weight excluding hydrogens is 69.0 g/mol. The van der Waals surface area contributed by atoms with Crippen LogP contribution in [-0.2, 0) is 0 Å². The third-order valence-electron chi connectivity index (χ3n) is 0.516. The van der Waals surface area contributed by atoms with Crippen molar-refractivity contribution >= 4 is 0 Å². The molecule has 0 rings (SSSR count). The van der Waals surface area contributed by atoms with E-state index in [1.54, 1.807) is 0 Å². The average molecular weight is 79.1 g/mol. The molecule has 0 unspecified atom stereocenters. The smallest absolute Gasteiger partial charge is 0.663 e. The molecule has 0 aromatic carbocycles. The summed E-state index contributed by atoms with van der Waals surface area (Å²) in [6, 6.07) is 0.509. The second kappa shape index (κ2) is 5.56. The van der Waals surface area contributed by atoms with Crippen LogP contribution in [-0.4, -0.2) is 13.1 Å². The second-order valence-corrected chi connectivity index (χ2v) is 1.35. The van der Waals surface area contributed by atoms with Gasteiger partial charge < -0.3 is 5.32 Å². The first kappa shape index (κ1) is 9.75. The van der Waals surface area contributed by atoms with Gasteiger partial charge in [0.2, 0.25) is 0 Å². The van der Waals surface area contributed by atoms with Crippen molar-refractivity contribution in [1.82, 2.24) is 0 Å². The van der Waals surface area contributed by atoms with Crippen molar-refractivity contribution in [3.05, 3.63) is 5.32 Å². The van der Waals surface area contributed by atoms with Gasteiger partial charge >= 0.3 is 18.9 Å².